The van der Waals surface area contributed by atoms with Gasteiger partial charge in [-0.25, -0.2) is 30.3 Å². The molecule has 1 aliphatic heterocycles. The van der Waals surface area contributed by atoms with E-state index in [2.05, 4.69) is 4.72 Å². The van der Waals surface area contributed by atoms with Crippen LogP contribution in [0.25, 0.3) is 0 Å². The fourth-order valence-electron chi connectivity index (χ4n) is 3.55. The van der Waals surface area contributed by atoms with Gasteiger partial charge in [0.1, 0.15) is 16.5 Å². The van der Waals surface area contributed by atoms with E-state index in [4.69, 9.17) is 0 Å². The molecular formula is C20H24F2N2O4S2. The van der Waals surface area contributed by atoms with E-state index in [1.807, 2.05) is 6.92 Å². The van der Waals surface area contributed by atoms with E-state index in [9.17, 15) is 25.6 Å². The molecule has 30 heavy (non-hydrogen) atoms. The van der Waals surface area contributed by atoms with E-state index >= 15 is 0 Å². The molecule has 0 bridgehead atoms. The number of aryl methyl sites for hydroxylation is 1. The van der Waals surface area contributed by atoms with Gasteiger partial charge in [-0.1, -0.05) is 24.1 Å². The molecule has 0 aliphatic carbocycles. The topological polar surface area (TPSA) is 83.6 Å². The Kier molecular flexibility index (Phi) is 6.91. The molecule has 6 nitrogen and oxygen atoms in total. The SMILES string of the molecule is Cc1ccc(S(=O)(=O)N2CCCCC2CCNS(=O)(=O)c2cc(F)ccc2F)cc1. The van der Waals surface area contributed by atoms with Crippen LogP contribution >= 0.6 is 0 Å². The zero-order valence-electron chi connectivity index (χ0n) is 16.5. The number of hydrogen-bond acceptors (Lipinski definition) is 4. The lowest BCUT2D eigenvalue weighted by molar-refractivity contribution is 0.242. The van der Waals surface area contributed by atoms with Crippen LogP contribution < -0.4 is 4.72 Å². The van der Waals surface area contributed by atoms with Crippen molar-refractivity contribution in [1.29, 1.82) is 0 Å². The third kappa shape index (κ3) is 5.05. The number of hydrogen-bond donors (Lipinski definition) is 1. The first-order valence-corrected chi connectivity index (χ1v) is 12.6. The average molecular weight is 459 g/mol. The van der Waals surface area contributed by atoms with Crippen molar-refractivity contribution < 1.29 is 25.6 Å². The van der Waals surface area contributed by atoms with Crippen LogP contribution in [0.15, 0.2) is 52.3 Å². The predicted octanol–water partition coefficient (Wildman–Crippen LogP) is 3.19. The zero-order valence-corrected chi connectivity index (χ0v) is 18.1. The smallest absolute Gasteiger partial charge is 0.211 e. The van der Waals surface area contributed by atoms with E-state index < -0.39 is 36.6 Å². The summed E-state index contributed by atoms with van der Waals surface area (Å²) in [6.07, 6.45) is 2.38. The first-order valence-electron chi connectivity index (χ1n) is 9.64. The van der Waals surface area contributed by atoms with E-state index in [-0.39, 0.29) is 23.9 Å². The Morgan fingerprint density at radius 3 is 2.43 bits per heavy atom. The zero-order chi connectivity index (χ0) is 21.9. The van der Waals surface area contributed by atoms with Gasteiger partial charge in [-0.15, -0.1) is 0 Å². The van der Waals surface area contributed by atoms with Crippen LogP contribution in [0.3, 0.4) is 0 Å². The van der Waals surface area contributed by atoms with Gasteiger partial charge < -0.3 is 0 Å². The van der Waals surface area contributed by atoms with Crippen LogP contribution in [0.2, 0.25) is 0 Å². The van der Waals surface area contributed by atoms with Crippen molar-refractivity contribution in [1.82, 2.24) is 9.03 Å². The quantitative estimate of drug-likeness (QED) is 0.691. The summed E-state index contributed by atoms with van der Waals surface area (Å²) in [6, 6.07) is 8.40. The molecule has 0 radical (unpaired) electrons. The van der Waals surface area contributed by atoms with E-state index in [1.165, 1.54) is 4.31 Å². The van der Waals surface area contributed by atoms with E-state index in [1.54, 1.807) is 24.3 Å². The molecule has 0 saturated carbocycles. The Morgan fingerprint density at radius 2 is 1.73 bits per heavy atom. The van der Waals surface area contributed by atoms with Gasteiger partial charge in [-0.05, 0) is 56.5 Å². The molecule has 0 spiro atoms. The Bertz CT molecular complexity index is 1100. The number of halogens is 2. The minimum atomic E-state index is -4.26. The minimum absolute atomic E-state index is 0.0944. The van der Waals surface area contributed by atoms with Gasteiger partial charge in [0, 0.05) is 19.1 Å². The second-order valence-corrected chi connectivity index (χ2v) is 11.0. The van der Waals surface area contributed by atoms with Crippen molar-refractivity contribution in [3.8, 4) is 0 Å². The van der Waals surface area contributed by atoms with Crippen LogP contribution in [-0.2, 0) is 20.0 Å². The number of sulfonamides is 2. The lowest BCUT2D eigenvalue weighted by atomic mass is 10.0. The lowest BCUT2D eigenvalue weighted by Gasteiger charge is -2.34. The molecule has 3 rings (SSSR count). The van der Waals surface area contributed by atoms with Crippen LogP contribution in [-0.4, -0.2) is 40.3 Å². The maximum Gasteiger partial charge on any atom is 0.243 e. The molecule has 1 aliphatic rings. The van der Waals surface area contributed by atoms with E-state index in [0.717, 1.165) is 30.5 Å². The molecule has 1 N–H and O–H groups in total. The summed E-state index contributed by atoms with van der Waals surface area (Å²) in [7, 11) is -7.97. The van der Waals surface area contributed by atoms with Crippen molar-refractivity contribution in [2.45, 2.75) is 48.4 Å². The normalized spacial score (nSPS) is 18.4. The van der Waals surface area contributed by atoms with Crippen LogP contribution in [0, 0.1) is 18.6 Å². The molecule has 1 heterocycles. The van der Waals surface area contributed by atoms with Gasteiger partial charge in [-0.3, -0.25) is 0 Å². The average Bonchev–Trinajstić information content (AvgIpc) is 2.70. The first-order chi connectivity index (χ1) is 14.1. The molecule has 1 atom stereocenters. The Hall–Kier alpha value is -1.88. The fraction of sp³-hybridized carbons (Fsp3) is 0.400. The fourth-order valence-corrected chi connectivity index (χ4v) is 6.40. The molecule has 1 unspecified atom stereocenters. The molecule has 10 heteroatoms. The summed E-state index contributed by atoms with van der Waals surface area (Å²) < 4.78 is 81.6. The van der Waals surface area contributed by atoms with Crippen LogP contribution in [0.5, 0.6) is 0 Å². The highest BCUT2D eigenvalue weighted by Crippen LogP contribution is 2.27. The van der Waals surface area contributed by atoms with Gasteiger partial charge in [0.15, 0.2) is 0 Å². The lowest BCUT2D eigenvalue weighted by Crippen LogP contribution is -2.45. The Labute approximate surface area is 176 Å². The van der Waals surface area contributed by atoms with E-state index in [0.29, 0.717) is 19.0 Å². The maximum absolute atomic E-state index is 13.8. The van der Waals surface area contributed by atoms with Crippen molar-refractivity contribution >= 4 is 20.0 Å². The Balaban J connectivity index is 1.72. The first kappa shape index (κ1) is 22.8. The van der Waals surface area contributed by atoms with Crippen LogP contribution in [0.1, 0.15) is 31.2 Å². The predicted molar refractivity (Wildman–Crippen MR) is 109 cm³/mol. The van der Waals surface area contributed by atoms with Gasteiger partial charge in [0.25, 0.3) is 0 Å². The molecule has 2 aromatic carbocycles. The maximum atomic E-state index is 13.8. The number of piperidine rings is 1. The third-order valence-electron chi connectivity index (χ3n) is 5.15. The highest BCUT2D eigenvalue weighted by Gasteiger charge is 2.33. The minimum Gasteiger partial charge on any atom is -0.211 e. The van der Waals surface area contributed by atoms with Crippen molar-refractivity contribution in [3.63, 3.8) is 0 Å². The summed E-state index contributed by atoms with van der Waals surface area (Å²) in [6.45, 7) is 2.13. The number of nitrogens with one attached hydrogen (secondary N) is 1. The largest absolute Gasteiger partial charge is 0.243 e. The summed E-state index contributed by atoms with van der Waals surface area (Å²) in [5.74, 6) is -1.91. The summed E-state index contributed by atoms with van der Waals surface area (Å²) in [4.78, 5) is -0.572. The van der Waals surface area contributed by atoms with Crippen LogP contribution in [0.4, 0.5) is 8.78 Å². The highest BCUT2D eigenvalue weighted by molar-refractivity contribution is 7.89. The Morgan fingerprint density at radius 1 is 1.03 bits per heavy atom. The standard InChI is InChI=1S/C20H24F2N2O4S2/c1-15-5-8-18(9-6-15)30(27,28)24-13-3-2-4-17(24)11-12-23-29(25,26)20-14-16(21)7-10-19(20)22/h5-10,14,17,23H,2-4,11-13H2,1H3. The molecule has 2 aromatic rings. The van der Waals surface area contributed by atoms with Gasteiger partial charge >= 0.3 is 0 Å². The third-order valence-corrected chi connectivity index (χ3v) is 8.60. The summed E-state index contributed by atoms with van der Waals surface area (Å²) in [5.41, 5.74) is 0.947. The monoisotopic (exact) mass is 458 g/mol. The molecule has 0 aromatic heterocycles. The van der Waals surface area contributed by atoms with Crippen molar-refractivity contribution in [3.05, 3.63) is 59.7 Å². The molecule has 1 fully saturated rings. The van der Waals surface area contributed by atoms with Crippen molar-refractivity contribution in [2.24, 2.45) is 0 Å². The van der Waals surface area contributed by atoms with Gasteiger partial charge in [0.05, 0.1) is 4.90 Å². The second kappa shape index (κ2) is 9.09. The molecule has 0 amide bonds. The van der Waals surface area contributed by atoms with Crippen molar-refractivity contribution in [2.75, 3.05) is 13.1 Å². The number of nitrogens with zero attached hydrogens (tertiary/aromatic N) is 1. The van der Waals surface area contributed by atoms with Gasteiger partial charge in [-0.2, -0.15) is 4.31 Å². The molecule has 1 saturated heterocycles. The second-order valence-electron chi connectivity index (χ2n) is 7.34. The summed E-state index contributed by atoms with van der Waals surface area (Å²) in [5, 5.41) is 0. The molecular weight excluding hydrogens is 434 g/mol. The van der Waals surface area contributed by atoms with Gasteiger partial charge in [0.2, 0.25) is 20.0 Å². The number of benzene rings is 2. The number of rotatable bonds is 7. The highest BCUT2D eigenvalue weighted by atomic mass is 32.2. The summed E-state index contributed by atoms with van der Waals surface area (Å²) >= 11 is 0. The molecule has 164 valence electrons.